The van der Waals surface area contributed by atoms with Gasteiger partial charge in [0.25, 0.3) is 0 Å². The quantitative estimate of drug-likeness (QED) is 0.736. The summed E-state index contributed by atoms with van der Waals surface area (Å²) in [4.78, 5) is 0. The van der Waals surface area contributed by atoms with E-state index in [2.05, 4.69) is 12.1 Å². The Hall–Kier alpha value is -2.58. The van der Waals surface area contributed by atoms with Crippen LogP contribution in [0.2, 0.25) is 0 Å². The lowest BCUT2D eigenvalue weighted by Crippen LogP contribution is -1.85. The first-order valence-electron chi connectivity index (χ1n) is 5.26. The molecule has 0 saturated heterocycles. The van der Waals surface area contributed by atoms with Crippen molar-refractivity contribution in [2.24, 2.45) is 0 Å². The molecule has 0 spiro atoms. The van der Waals surface area contributed by atoms with E-state index >= 15 is 0 Å². The van der Waals surface area contributed by atoms with E-state index in [1.165, 1.54) is 0 Å². The summed E-state index contributed by atoms with van der Waals surface area (Å²) < 4.78 is 0. The van der Waals surface area contributed by atoms with Crippen molar-refractivity contribution in [2.75, 3.05) is 0 Å². The van der Waals surface area contributed by atoms with E-state index in [0.717, 1.165) is 16.7 Å². The second-order valence-corrected chi connectivity index (χ2v) is 3.83. The first kappa shape index (κ1) is 10.9. The zero-order valence-corrected chi connectivity index (χ0v) is 9.44. The minimum Gasteiger partial charge on any atom is -0.192 e. The van der Waals surface area contributed by atoms with Crippen LogP contribution in [0.15, 0.2) is 42.5 Å². The van der Waals surface area contributed by atoms with Crippen molar-refractivity contribution in [3.63, 3.8) is 0 Å². The molecular formula is C15H10N2. The van der Waals surface area contributed by atoms with Gasteiger partial charge in [-0.2, -0.15) is 10.5 Å². The van der Waals surface area contributed by atoms with Crippen LogP contribution in [0.1, 0.15) is 16.7 Å². The van der Waals surface area contributed by atoms with Gasteiger partial charge in [0.05, 0.1) is 23.3 Å². The van der Waals surface area contributed by atoms with E-state index < -0.39 is 0 Å². The maximum Gasteiger partial charge on any atom is 0.0994 e. The van der Waals surface area contributed by atoms with E-state index in [4.69, 9.17) is 10.5 Å². The molecule has 0 N–H and O–H groups in total. The van der Waals surface area contributed by atoms with Crippen LogP contribution in [-0.4, -0.2) is 0 Å². The second kappa shape index (κ2) is 4.51. The highest BCUT2D eigenvalue weighted by Gasteiger charge is 2.02. The van der Waals surface area contributed by atoms with Crippen LogP contribution in [-0.2, 0) is 0 Å². The van der Waals surface area contributed by atoms with Gasteiger partial charge < -0.3 is 0 Å². The highest BCUT2D eigenvalue weighted by molar-refractivity contribution is 5.67. The first-order valence-corrected chi connectivity index (χ1v) is 5.26. The highest BCUT2D eigenvalue weighted by Crippen LogP contribution is 2.22. The zero-order valence-electron chi connectivity index (χ0n) is 9.44. The molecule has 0 heterocycles. The predicted molar refractivity (Wildman–Crippen MR) is 66.0 cm³/mol. The number of nitriles is 2. The monoisotopic (exact) mass is 218 g/mol. The lowest BCUT2D eigenvalue weighted by molar-refractivity contribution is 1.39. The normalized spacial score (nSPS) is 9.35. The Morgan fingerprint density at radius 2 is 1.65 bits per heavy atom. The number of hydrogen-bond donors (Lipinski definition) is 0. The first-order chi connectivity index (χ1) is 8.24. The van der Waals surface area contributed by atoms with Crippen molar-refractivity contribution >= 4 is 0 Å². The van der Waals surface area contributed by atoms with Crippen molar-refractivity contribution in [1.29, 1.82) is 10.5 Å². The van der Waals surface area contributed by atoms with Crippen LogP contribution in [0, 0.1) is 29.6 Å². The molecule has 0 atom stereocenters. The fourth-order valence-corrected chi connectivity index (χ4v) is 1.69. The van der Waals surface area contributed by atoms with Crippen LogP contribution < -0.4 is 0 Å². The Labute approximate surface area is 100 Å². The Balaban J connectivity index is 2.54. The lowest BCUT2D eigenvalue weighted by atomic mass is 9.99. The van der Waals surface area contributed by atoms with Crippen molar-refractivity contribution in [3.05, 3.63) is 59.2 Å². The molecular weight excluding hydrogens is 208 g/mol. The van der Waals surface area contributed by atoms with Gasteiger partial charge in [0.2, 0.25) is 0 Å². The third-order valence-corrected chi connectivity index (χ3v) is 2.68. The summed E-state index contributed by atoms with van der Waals surface area (Å²) >= 11 is 0. The molecule has 2 rings (SSSR count). The van der Waals surface area contributed by atoms with E-state index in [-0.39, 0.29) is 0 Å². The molecule has 2 heteroatoms. The smallest absolute Gasteiger partial charge is 0.0994 e. The minimum absolute atomic E-state index is 0.626. The summed E-state index contributed by atoms with van der Waals surface area (Å²) in [6.07, 6.45) is 0. The molecule has 0 saturated carbocycles. The summed E-state index contributed by atoms with van der Waals surface area (Å²) in [6.45, 7) is 1.91. The molecule has 0 aliphatic carbocycles. The molecule has 2 aromatic rings. The molecule has 0 amide bonds. The Morgan fingerprint density at radius 1 is 0.882 bits per heavy atom. The Kier molecular flexibility index (Phi) is 2.90. The minimum atomic E-state index is 0.626. The average Bonchev–Trinajstić information content (AvgIpc) is 2.39. The van der Waals surface area contributed by atoms with Crippen molar-refractivity contribution in [2.45, 2.75) is 6.92 Å². The molecule has 0 unspecified atom stereocenters. The number of rotatable bonds is 1. The van der Waals surface area contributed by atoms with E-state index in [1.807, 2.05) is 43.3 Å². The SMILES string of the molecule is Cc1ccc(-c2cccc(C#N)c2)cc1C#N. The summed E-state index contributed by atoms with van der Waals surface area (Å²) in [5, 5.41) is 17.8. The second-order valence-electron chi connectivity index (χ2n) is 3.83. The third kappa shape index (κ3) is 2.17. The summed E-state index contributed by atoms with van der Waals surface area (Å²) in [5.74, 6) is 0. The number of benzene rings is 2. The average molecular weight is 218 g/mol. The van der Waals surface area contributed by atoms with E-state index in [1.54, 1.807) is 6.07 Å². The molecule has 0 bridgehead atoms. The van der Waals surface area contributed by atoms with Gasteiger partial charge in [0.15, 0.2) is 0 Å². The lowest BCUT2D eigenvalue weighted by Gasteiger charge is -2.04. The Bertz CT molecular complexity index is 643. The van der Waals surface area contributed by atoms with Gasteiger partial charge in [-0.15, -0.1) is 0 Å². The molecule has 80 valence electrons. The Morgan fingerprint density at radius 3 is 2.35 bits per heavy atom. The fourth-order valence-electron chi connectivity index (χ4n) is 1.69. The van der Waals surface area contributed by atoms with E-state index in [0.29, 0.717) is 11.1 Å². The molecule has 0 aliphatic rings. The van der Waals surface area contributed by atoms with Crippen LogP contribution in [0.3, 0.4) is 0 Å². The van der Waals surface area contributed by atoms with Crippen LogP contribution >= 0.6 is 0 Å². The molecule has 0 aromatic heterocycles. The van der Waals surface area contributed by atoms with Gasteiger partial charge in [-0.1, -0.05) is 24.3 Å². The van der Waals surface area contributed by atoms with Crippen molar-refractivity contribution < 1.29 is 0 Å². The highest BCUT2D eigenvalue weighted by atomic mass is 14.2. The zero-order chi connectivity index (χ0) is 12.3. The van der Waals surface area contributed by atoms with Gasteiger partial charge in [-0.05, 0) is 41.8 Å². The predicted octanol–water partition coefficient (Wildman–Crippen LogP) is 3.41. The van der Waals surface area contributed by atoms with Gasteiger partial charge in [-0.25, -0.2) is 0 Å². The fraction of sp³-hybridized carbons (Fsp3) is 0.0667. The van der Waals surface area contributed by atoms with Crippen LogP contribution in [0.25, 0.3) is 11.1 Å². The standard InChI is InChI=1S/C15H10N2/c1-11-5-6-14(8-15(11)10-17)13-4-2-3-12(7-13)9-16/h2-8H,1H3. The molecule has 2 aromatic carbocycles. The molecule has 0 radical (unpaired) electrons. The van der Waals surface area contributed by atoms with Crippen molar-refractivity contribution in [1.82, 2.24) is 0 Å². The third-order valence-electron chi connectivity index (χ3n) is 2.68. The summed E-state index contributed by atoms with van der Waals surface area (Å²) in [6, 6.07) is 17.4. The van der Waals surface area contributed by atoms with Gasteiger partial charge >= 0.3 is 0 Å². The van der Waals surface area contributed by atoms with E-state index in [9.17, 15) is 0 Å². The topological polar surface area (TPSA) is 47.6 Å². The maximum absolute atomic E-state index is 8.99. The summed E-state index contributed by atoms with van der Waals surface area (Å²) in [7, 11) is 0. The van der Waals surface area contributed by atoms with Crippen LogP contribution in [0.4, 0.5) is 0 Å². The molecule has 0 aliphatic heterocycles. The molecule has 2 nitrogen and oxygen atoms in total. The van der Waals surface area contributed by atoms with Crippen molar-refractivity contribution in [3.8, 4) is 23.3 Å². The summed E-state index contributed by atoms with van der Waals surface area (Å²) in [5.41, 5.74) is 4.18. The van der Waals surface area contributed by atoms with Crippen LogP contribution in [0.5, 0.6) is 0 Å². The van der Waals surface area contributed by atoms with Gasteiger partial charge in [-0.3, -0.25) is 0 Å². The largest absolute Gasteiger partial charge is 0.192 e. The molecule has 17 heavy (non-hydrogen) atoms. The van der Waals surface area contributed by atoms with Gasteiger partial charge in [0, 0.05) is 0 Å². The number of nitrogens with zero attached hydrogens (tertiary/aromatic N) is 2. The number of hydrogen-bond acceptors (Lipinski definition) is 2. The van der Waals surface area contributed by atoms with Gasteiger partial charge in [0.1, 0.15) is 0 Å². The maximum atomic E-state index is 8.99. The molecule has 0 fully saturated rings. The number of aryl methyl sites for hydroxylation is 1.